The van der Waals surface area contributed by atoms with Crippen molar-refractivity contribution in [2.45, 2.75) is 316 Å². The molecule has 0 radical (unpaired) electrons. The minimum absolute atomic E-state index is 0.0149. The van der Waals surface area contributed by atoms with Crippen LogP contribution in [0.25, 0.3) is 0 Å². The number of unbranched alkanes of at least 4 members (excludes halogenated alkanes) is 21. The number of phosphoric ester groups is 2. The third-order valence-corrected chi connectivity index (χ3v) is 17.9. The van der Waals surface area contributed by atoms with Crippen molar-refractivity contribution in [3.63, 3.8) is 0 Å². The zero-order valence-electron chi connectivity index (χ0n) is 64.6. The van der Waals surface area contributed by atoms with Gasteiger partial charge in [0.05, 0.1) is 26.4 Å². The topological polar surface area (TPSA) is 237 Å². The van der Waals surface area contributed by atoms with Crippen LogP contribution in [-0.2, 0) is 65.4 Å². The molecule has 592 valence electrons. The van der Waals surface area contributed by atoms with Crippen molar-refractivity contribution >= 4 is 39.5 Å². The molecule has 5 atom stereocenters. The fourth-order valence-electron chi connectivity index (χ4n) is 10.0. The van der Waals surface area contributed by atoms with Crippen molar-refractivity contribution in [2.75, 3.05) is 39.6 Å². The molecule has 104 heavy (non-hydrogen) atoms. The van der Waals surface area contributed by atoms with E-state index in [9.17, 15) is 43.2 Å². The molecule has 0 aliphatic rings. The summed E-state index contributed by atoms with van der Waals surface area (Å²) in [5.74, 6) is -2.38. The van der Waals surface area contributed by atoms with Crippen LogP contribution in [0.15, 0.2) is 158 Å². The van der Waals surface area contributed by atoms with E-state index >= 15 is 0 Å². The van der Waals surface area contributed by atoms with E-state index in [2.05, 4.69) is 149 Å². The van der Waals surface area contributed by atoms with Crippen molar-refractivity contribution < 1.29 is 80.2 Å². The molecule has 0 fully saturated rings. The van der Waals surface area contributed by atoms with Crippen molar-refractivity contribution in [1.82, 2.24) is 0 Å². The van der Waals surface area contributed by atoms with Crippen LogP contribution in [0.4, 0.5) is 0 Å². The molecule has 0 rings (SSSR count). The maximum Gasteiger partial charge on any atom is 0.472 e. The van der Waals surface area contributed by atoms with Crippen molar-refractivity contribution in [3.05, 3.63) is 158 Å². The van der Waals surface area contributed by atoms with Crippen LogP contribution >= 0.6 is 15.6 Å². The van der Waals surface area contributed by atoms with Gasteiger partial charge in [0.2, 0.25) is 0 Å². The molecule has 0 saturated carbocycles. The summed E-state index contributed by atoms with van der Waals surface area (Å²) in [6.07, 6.45) is 88.3. The number of phosphoric acid groups is 2. The van der Waals surface area contributed by atoms with Gasteiger partial charge in [-0.15, -0.1) is 0 Å². The second kappa shape index (κ2) is 75.9. The van der Waals surface area contributed by atoms with Crippen LogP contribution in [0.1, 0.15) is 297 Å². The SMILES string of the molecule is CC/C=C\C/C=C\C/C=C\C/C=C\C/C=C\C/C=C\CCC(=O)OC[C@H](COP(=O)(O)OC[C@@H](O)COP(=O)(O)OC[C@@H](COC(=O)CCCCCCCCCCCCCCC)OC(=O)CCCCCCC/C=C\CCCCCC)OC(=O)CC/C=C\C/C=C\C/C=C\C/C=C\C/C=C\C/C=C\CC. The lowest BCUT2D eigenvalue weighted by Gasteiger charge is -2.21. The molecule has 0 bridgehead atoms. The van der Waals surface area contributed by atoms with E-state index in [-0.39, 0.29) is 25.7 Å². The summed E-state index contributed by atoms with van der Waals surface area (Å²) >= 11 is 0. The Balaban J connectivity index is 5.51. The lowest BCUT2D eigenvalue weighted by Crippen LogP contribution is -2.30. The van der Waals surface area contributed by atoms with Gasteiger partial charge in [-0.05, 0) is 128 Å². The third kappa shape index (κ3) is 74.9. The Morgan fingerprint density at radius 3 is 0.856 bits per heavy atom. The summed E-state index contributed by atoms with van der Waals surface area (Å²) in [5.41, 5.74) is 0. The smallest absolute Gasteiger partial charge is 0.462 e. The predicted octanol–water partition coefficient (Wildman–Crippen LogP) is 23.2. The molecule has 0 saturated heterocycles. The number of carbonyl (C=O) groups is 4. The standard InChI is InChI=1S/C85H140O17P2/c1-5-9-13-17-21-25-29-33-35-37-39-41-43-47-50-54-58-62-66-70-83(88)96-76-81(102-85(90)72-68-64-60-56-52-48-44-42-40-38-36-34-30-26-22-18-14-10-6-2)78-100-104(93,94)98-74-79(86)73-97-103(91,92)99-77-80(101-84(89)71-67-63-59-55-51-46-32-28-24-20-16-12-8-4)75-95-82(87)69-65-61-57-53-49-45-31-27-23-19-15-11-7-3/h9-10,13-14,21-22,25-26,28,32-36,39-42,47-48,50,52,58,60,62,64,79-81,86H,5-8,11-12,15-20,23-24,27,29-31,37-38,43-46,49,51,53-57,59,61,63,65-78H2,1-4H3,(H,91,92)(H,93,94)/b13-9-,14-10-,25-21-,26-22-,32-28-,35-33-,36-34-,41-39-,42-40-,50-47-,52-48-,62-58-,64-60-/t79-,80+,81+/m0/s1. The molecule has 0 aromatic carbocycles. The first-order chi connectivity index (χ1) is 50.7. The number of aliphatic hydroxyl groups is 1. The van der Waals surface area contributed by atoms with Gasteiger partial charge in [0, 0.05) is 25.7 Å². The highest BCUT2D eigenvalue weighted by Crippen LogP contribution is 2.45. The van der Waals surface area contributed by atoms with E-state index in [1.165, 1.54) is 83.5 Å². The monoisotopic (exact) mass is 1490 g/mol. The lowest BCUT2D eigenvalue weighted by atomic mass is 10.0. The fraction of sp³-hybridized carbons (Fsp3) is 0.647. The molecule has 0 amide bonds. The highest BCUT2D eigenvalue weighted by Gasteiger charge is 2.30. The third-order valence-electron chi connectivity index (χ3n) is 16.0. The van der Waals surface area contributed by atoms with Gasteiger partial charge in [-0.1, -0.05) is 301 Å². The minimum atomic E-state index is -5.02. The normalized spacial score (nSPS) is 14.7. The summed E-state index contributed by atoms with van der Waals surface area (Å²) in [6.45, 7) is 4.45. The Kier molecular flexibility index (Phi) is 72.0. The van der Waals surface area contributed by atoms with E-state index in [4.69, 9.17) is 37.0 Å². The molecule has 17 nitrogen and oxygen atoms in total. The number of ether oxygens (including phenoxy) is 4. The summed E-state index contributed by atoms with van der Waals surface area (Å²) < 4.78 is 68.4. The number of carbonyl (C=O) groups excluding carboxylic acids is 4. The molecule has 0 aromatic heterocycles. The van der Waals surface area contributed by atoms with Crippen LogP contribution < -0.4 is 0 Å². The van der Waals surface area contributed by atoms with Crippen LogP contribution in [0.3, 0.4) is 0 Å². The quantitative estimate of drug-likeness (QED) is 0.0169. The van der Waals surface area contributed by atoms with Gasteiger partial charge in [-0.25, -0.2) is 9.13 Å². The van der Waals surface area contributed by atoms with Crippen LogP contribution in [0.2, 0.25) is 0 Å². The summed E-state index contributed by atoms with van der Waals surface area (Å²) in [6, 6.07) is 0. The fourth-order valence-corrected chi connectivity index (χ4v) is 11.6. The van der Waals surface area contributed by atoms with Crippen molar-refractivity contribution in [1.29, 1.82) is 0 Å². The minimum Gasteiger partial charge on any atom is -0.462 e. The second-order valence-corrected chi connectivity index (χ2v) is 28.8. The first-order valence-corrected chi connectivity index (χ1v) is 42.7. The first kappa shape index (κ1) is 98.7. The number of hydrogen-bond donors (Lipinski definition) is 3. The Morgan fingerprint density at radius 2 is 0.519 bits per heavy atom. The van der Waals surface area contributed by atoms with E-state index in [1.54, 1.807) is 0 Å². The average Bonchev–Trinajstić information content (AvgIpc) is 0.906. The Labute approximate surface area is 629 Å². The Hall–Kier alpha value is -5.32. The van der Waals surface area contributed by atoms with Gasteiger partial charge in [0.1, 0.15) is 19.3 Å². The zero-order valence-corrected chi connectivity index (χ0v) is 66.4. The zero-order chi connectivity index (χ0) is 76.0. The van der Waals surface area contributed by atoms with Crippen LogP contribution in [0, 0.1) is 0 Å². The van der Waals surface area contributed by atoms with Gasteiger partial charge in [0.15, 0.2) is 12.2 Å². The Morgan fingerprint density at radius 1 is 0.279 bits per heavy atom. The Bertz CT molecular complexity index is 2590. The molecular weight excluding hydrogens is 1350 g/mol. The number of hydrogen-bond acceptors (Lipinski definition) is 15. The van der Waals surface area contributed by atoms with Gasteiger partial charge in [-0.3, -0.25) is 37.3 Å². The second-order valence-electron chi connectivity index (χ2n) is 25.9. The van der Waals surface area contributed by atoms with E-state index in [0.717, 1.165) is 122 Å². The average molecular weight is 1500 g/mol. The van der Waals surface area contributed by atoms with E-state index < -0.39 is 97.5 Å². The lowest BCUT2D eigenvalue weighted by molar-refractivity contribution is -0.161. The number of allylic oxidation sites excluding steroid dienone is 26. The number of aliphatic hydroxyl groups excluding tert-OH is 1. The maximum absolute atomic E-state index is 13.1. The maximum atomic E-state index is 13.1. The van der Waals surface area contributed by atoms with Crippen molar-refractivity contribution in [2.24, 2.45) is 0 Å². The van der Waals surface area contributed by atoms with Crippen LogP contribution in [-0.4, -0.2) is 96.7 Å². The van der Waals surface area contributed by atoms with Crippen LogP contribution in [0.5, 0.6) is 0 Å². The molecule has 0 aliphatic heterocycles. The summed E-state index contributed by atoms with van der Waals surface area (Å²) in [4.78, 5) is 72.9. The molecule has 0 aromatic rings. The van der Waals surface area contributed by atoms with Crippen molar-refractivity contribution in [3.8, 4) is 0 Å². The molecule has 0 spiro atoms. The van der Waals surface area contributed by atoms with Gasteiger partial charge in [0.25, 0.3) is 0 Å². The molecule has 19 heteroatoms. The molecule has 0 heterocycles. The number of rotatable bonds is 73. The largest absolute Gasteiger partial charge is 0.472 e. The predicted molar refractivity (Wildman–Crippen MR) is 427 cm³/mol. The molecule has 3 N–H and O–H groups in total. The van der Waals surface area contributed by atoms with Gasteiger partial charge in [-0.2, -0.15) is 0 Å². The number of esters is 4. The molecule has 2 unspecified atom stereocenters. The van der Waals surface area contributed by atoms with E-state index in [0.29, 0.717) is 38.5 Å². The summed E-state index contributed by atoms with van der Waals surface area (Å²) in [5, 5.41) is 10.6. The molecular formula is C85H140O17P2. The van der Waals surface area contributed by atoms with Gasteiger partial charge < -0.3 is 33.8 Å². The summed E-state index contributed by atoms with van der Waals surface area (Å²) in [7, 11) is -10.0. The van der Waals surface area contributed by atoms with E-state index in [1.807, 2.05) is 36.5 Å². The first-order valence-electron chi connectivity index (χ1n) is 39.7. The highest BCUT2D eigenvalue weighted by atomic mass is 31.2. The highest BCUT2D eigenvalue weighted by molar-refractivity contribution is 7.47. The molecule has 0 aliphatic carbocycles. The van der Waals surface area contributed by atoms with Gasteiger partial charge >= 0.3 is 39.5 Å².